The number of anilines is 1. The second-order valence-corrected chi connectivity index (χ2v) is 10.2. The number of nitrogens with one attached hydrogen (secondary N) is 1. The molecule has 3 aromatic carbocycles. The number of carbonyl (C=O) groups is 1. The number of rotatable bonds is 11. The van der Waals surface area contributed by atoms with Gasteiger partial charge in [-0.15, -0.1) is 0 Å². The summed E-state index contributed by atoms with van der Waals surface area (Å²) in [6.07, 6.45) is 3.26. The molecule has 0 saturated heterocycles. The summed E-state index contributed by atoms with van der Waals surface area (Å²) in [6.45, 7) is 6.97. The molecule has 1 atom stereocenters. The Labute approximate surface area is 220 Å². The topological polar surface area (TPSA) is 70.7 Å². The molecular formula is C30H38N4OS. The van der Waals surface area contributed by atoms with Crippen molar-refractivity contribution in [2.24, 2.45) is 10.9 Å². The van der Waals surface area contributed by atoms with Crippen LogP contribution >= 0.6 is 11.8 Å². The molecule has 0 spiro atoms. The summed E-state index contributed by atoms with van der Waals surface area (Å²) in [5.41, 5.74) is 5.89. The number of amides is 1. The van der Waals surface area contributed by atoms with Crippen molar-refractivity contribution < 1.29 is 4.79 Å². The normalized spacial score (nSPS) is 12.2. The number of benzene rings is 3. The fraction of sp³-hybridized carbons (Fsp3) is 0.333. The van der Waals surface area contributed by atoms with Gasteiger partial charge < -0.3 is 16.1 Å². The van der Waals surface area contributed by atoms with Gasteiger partial charge in [-0.1, -0.05) is 90.5 Å². The Morgan fingerprint density at radius 3 is 2.39 bits per heavy atom. The smallest absolute Gasteiger partial charge is 0.220 e. The summed E-state index contributed by atoms with van der Waals surface area (Å²) >= 11 is 1.65. The Morgan fingerprint density at radius 2 is 1.69 bits per heavy atom. The number of nitrogens with two attached hydrogens (primary N) is 1. The lowest BCUT2D eigenvalue weighted by molar-refractivity contribution is -0.121. The van der Waals surface area contributed by atoms with Crippen molar-refractivity contribution in [2.75, 3.05) is 4.90 Å². The molecule has 0 fully saturated rings. The number of hydrogen-bond donors (Lipinski definition) is 2. The molecule has 0 radical (unpaired) electrons. The largest absolute Gasteiger partial charge is 0.352 e. The zero-order valence-corrected chi connectivity index (χ0v) is 22.4. The van der Waals surface area contributed by atoms with Gasteiger partial charge >= 0.3 is 0 Å². The molecule has 0 aromatic heterocycles. The minimum Gasteiger partial charge on any atom is -0.352 e. The van der Waals surface area contributed by atoms with E-state index in [-0.39, 0.29) is 11.9 Å². The minimum absolute atomic E-state index is 0.0971. The quantitative estimate of drug-likeness (QED) is 0.103. The third-order valence-electron chi connectivity index (χ3n) is 6.13. The SMILES string of the molecule is Cc1ccc(CS/C(=N/N)N(c2cccc(C)c2)C(C)CCCCC(=O)NCc2ccccc2)cc1. The number of carbonyl (C=O) groups excluding carboxylic acids is 1. The summed E-state index contributed by atoms with van der Waals surface area (Å²) in [4.78, 5) is 14.5. The van der Waals surface area contributed by atoms with Crippen LogP contribution in [0.4, 0.5) is 5.69 Å². The van der Waals surface area contributed by atoms with Crippen molar-refractivity contribution in [3.8, 4) is 0 Å². The first-order chi connectivity index (χ1) is 17.5. The first kappa shape index (κ1) is 27.3. The van der Waals surface area contributed by atoms with Crippen LogP contribution in [0.3, 0.4) is 0 Å². The summed E-state index contributed by atoms with van der Waals surface area (Å²) in [5.74, 6) is 6.82. The fourth-order valence-corrected chi connectivity index (χ4v) is 5.06. The highest BCUT2D eigenvalue weighted by Crippen LogP contribution is 2.27. The van der Waals surface area contributed by atoms with Crippen LogP contribution in [0.1, 0.15) is 54.9 Å². The van der Waals surface area contributed by atoms with Crippen LogP contribution in [0.2, 0.25) is 0 Å². The van der Waals surface area contributed by atoms with Crippen molar-refractivity contribution in [3.63, 3.8) is 0 Å². The third kappa shape index (κ3) is 8.76. The number of amidine groups is 1. The molecule has 0 saturated carbocycles. The van der Waals surface area contributed by atoms with E-state index >= 15 is 0 Å². The average molecular weight is 503 g/mol. The van der Waals surface area contributed by atoms with Crippen molar-refractivity contribution in [1.29, 1.82) is 0 Å². The van der Waals surface area contributed by atoms with Crippen LogP contribution in [0, 0.1) is 13.8 Å². The monoisotopic (exact) mass is 502 g/mol. The van der Waals surface area contributed by atoms with E-state index in [2.05, 4.69) is 84.6 Å². The highest BCUT2D eigenvalue weighted by Gasteiger charge is 2.21. The van der Waals surface area contributed by atoms with Crippen LogP contribution in [-0.2, 0) is 17.1 Å². The molecular weight excluding hydrogens is 464 g/mol. The predicted octanol–water partition coefficient (Wildman–Crippen LogP) is 6.54. The highest BCUT2D eigenvalue weighted by molar-refractivity contribution is 8.13. The lowest BCUT2D eigenvalue weighted by Gasteiger charge is -2.32. The van der Waals surface area contributed by atoms with E-state index in [1.807, 2.05) is 30.3 Å². The Hall–Kier alpha value is -3.25. The van der Waals surface area contributed by atoms with Crippen molar-refractivity contribution in [3.05, 3.63) is 101 Å². The van der Waals surface area contributed by atoms with Crippen molar-refractivity contribution in [1.82, 2.24) is 5.32 Å². The zero-order valence-electron chi connectivity index (χ0n) is 21.6. The van der Waals surface area contributed by atoms with Crippen LogP contribution in [0.15, 0.2) is 84.0 Å². The summed E-state index contributed by atoms with van der Waals surface area (Å²) in [6, 6.07) is 27.2. The molecule has 36 heavy (non-hydrogen) atoms. The van der Waals surface area contributed by atoms with Crippen LogP contribution in [-0.4, -0.2) is 17.1 Å². The van der Waals surface area contributed by atoms with Gasteiger partial charge in [0.15, 0.2) is 5.17 Å². The molecule has 0 aliphatic carbocycles. The predicted molar refractivity (Wildman–Crippen MR) is 154 cm³/mol. The van der Waals surface area contributed by atoms with Gasteiger partial charge in [0.2, 0.25) is 5.91 Å². The Bertz CT molecular complexity index is 1120. The number of hydrogen-bond acceptors (Lipinski definition) is 4. The third-order valence-corrected chi connectivity index (χ3v) is 7.17. The Morgan fingerprint density at radius 1 is 0.944 bits per heavy atom. The van der Waals surface area contributed by atoms with E-state index in [0.29, 0.717) is 13.0 Å². The Balaban J connectivity index is 1.56. The first-order valence-electron chi connectivity index (χ1n) is 12.6. The van der Waals surface area contributed by atoms with Gasteiger partial charge in [0, 0.05) is 30.4 Å². The summed E-state index contributed by atoms with van der Waals surface area (Å²) in [7, 11) is 0. The molecule has 190 valence electrons. The molecule has 1 unspecified atom stereocenters. The maximum absolute atomic E-state index is 12.3. The van der Waals surface area contributed by atoms with Crippen LogP contribution in [0.25, 0.3) is 0 Å². The van der Waals surface area contributed by atoms with E-state index in [9.17, 15) is 4.79 Å². The molecule has 3 N–H and O–H groups in total. The molecule has 1 amide bonds. The van der Waals surface area contributed by atoms with E-state index in [1.165, 1.54) is 16.7 Å². The van der Waals surface area contributed by atoms with Crippen LogP contribution < -0.4 is 16.1 Å². The molecule has 0 bridgehead atoms. The number of nitrogens with zero attached hydrogens (tertiary/aromatic N) is 2. The maximum Gasteiger partial charge on any atom is 0.220 e. The summed E-state index contributed by atoms with van der Waals surface area (Å²) in [5, 5.41) is 8.02. The molecule has 0 heterocycles. The molecule has 3 aromatic rings. The average Bonchev–Trinajstić information content (AvgIpc) is 2.89. The van der Waals surface area contributed by atoms with Gasteiger partial charge in [-0.05, 0) is 62.4 Å². The molecule has 6 heteroatoms. The molecule has 5 nitrogen and oxygen atoms in total. The van der Waals surface area contributed by atoms with Gasteiger partial charge in [0.25, 0.3) is 0 Å². The lowest BCUT2D eigenvalue weighted by Crippen LogP contribution is -2.38. The van der Waals surface area contributed by atoms with E-state index in [1.54, 1.807) is 11.8 Å². The van der Waals surface area contributed by atoms with Crippen molar-refractivity contribution in [2.45, 2.75) is 64.8 Å². The van der Waals surface area contributed by atoms with Gasteiger partial charge in [-0.2, -0.15) is 5.10 Å². The second-order valence-electron chi connectivity index (χ2n) is 9.25. The Kier molecular flexibility index (Phi) is 10.9. The second kappa shape index (κ2) is 14.3. The van der Waals surface area contributed by atoms with E-state index < -0.39 is 0 Å². The standard InChI is InChI=1S/C30H38N4OS/c1-23-16-18-27(19-17-23)22-36-30(33-31)34(28-14-9-10-24(2)20-28)25(3)11-7-8-15-29(35)32-21-26-12-5-4-6-13-26/h4-6,9-10,12-14,16-20,25H,7-8,11,15,21-22,31H2,1-3H3,(H,32,35)/b33-30+. The van der Waals surface area contributed by atoms with Gasteiger partial charge in [-0.25, -0.2) is 0 Å². The van der Waals surface area contributed by atoms with E-state index in [4.69, 9.17) is 5.84 Å². The molecule has 0 aliphatic heterocycles. The van der Waals surface area contributed by atoms with Gasteiger partial charge in [-0.3, -0.25) is 4.79 Å². The zero-order chi connectivity index (χ0) is 25.8. The van der Waals surface area contributed by atoms with Gasteiger partial charge in [0.05, 0.1) is 0 Å². The first-order valence-corrected chi connectivity index (χ1v) is 13.6. The fourth-order valence-electron chi connectivity index (χ4n) is 4.07. The molecule has 0 aliphatic rings. The minimum atomic E-state index is 0.0971. The lowest BCUT2D eigenvalue weighted by atomic mass is 10.1. The number of hydrazone groups is 1. The van der Waals surface area contributed by atoms with Crippen molar-refractivity contribution >= 4 is 28.5 Å². The number of unbranched alkanes of at least 4 members (excludes halogenated alkanes) is 1. The van der Waals surface area contributed by atoms with Gasteiger partial charge in [0.1, 0.15) is 0 Å². The van der Waals surface area contributed by atoms with Crippen LogP contribution in [0.5, 0.6) is 0 Å². The number of aryl methyl sites for hydroxylation is 2. The summed E-state index contributed by atoms with van der Waals surface area (Å²) < 4.78 is 0. The molecule has 3 rings (SSSR count). The number of thioether (sulfide) groups is 1. The maximum atomic E-state index is 12.3. The van der Waals surface area contributed by atoms with E-state index in [0.717, 1.165) is 41.4 Å². The highest BCUT2D eigenvalue weighted by atomic mass is 32.2.